The third-order valence-electron chi connectivity index (χ3n) is 12.2. The summed E-state index contributed by atoms with van der Waals surface area (Å²) < 4.78 is 20.1. The summed E-state index contributed by atoms with van der Waals surface area (Å²) in [7, 11) is -4.06. The maximum Gasteiger partial charge on any atom is 0.338 e. The molecule has 0 fully saturated rings. The lowest BCUT2D eigenvalue weighted by Crippen LogP contribution is -2.50. The monoisotopic (exact) mass is 808 g/mol. The maximum absolute atomic E-state index is 12.9. The molecule has 1 aromatic carbocycles. The van der Waals surface area contributed by atoms with E-state index in [0.717, 1.165) is 32.5 Å². The second-order valence-electron chi connectivity index (χ2n) is 19.5. The second-order valence-corrected chi connectivity index (χ2v) is 29.0. The van der Waals surface area contributed by atoms with Crippen molar-refractivity contribution >= 4 is 22.6 Å². The molecule has 0 saturated carbocycles. The van der Waals surface area contributed by atoms with Crippen LogP contribution in [0.15, 0.2) is 18.2 Å². The molecule has 0 amide bonds. The highest BCUT2D eigenvalue weighted by atomic mass is 28.4. The minimum absolute atomic E-state index is 0.119. The van der Waals surface area contributed by atoms with Crippen LogP contribution in [0.3, 0.4) is 0 Å². The number of hydrogen-bond donors (Lipinski definition) is 2. The molecular formula is C46H89NO6Si2. The molecule has 0 aliphatic carbocycles. The standard InChI is InChI=1S/C46H89NO6Si2/c1-13-15-17-19-21-23-25-27-30-42(52-54(9,10)45(3,4)5)37-47(32-29-33-51-44(50)39-34-40(48)36-41(49)35-39)38-43(53-55(11,12)46(6,7)8)31-28-26-24-22-20-18-16-14-2/h34-36,42-43,48-49H,13-33,37-38H2,1-12H3. The van der Waals surface area contributed by atoms with E-state index < -0.39 is 22.6 Å². The van der Waals surface area contributed by atoms with Crippen molar-refractivity contribution in [2.75, 3.05) is 26.2 Å². The number of benzene rings is 1. The molecule has 0 saturated heterocycles. The van der Waals surface area contributed by atoms with Gasteiger partial charge in [0.05, 0.1) is 24.4 Å². The quantitative estimate of drug-likeness (QED) is 0.0439. The number of esters is 1. The lowest BCUT2D eigenvalue weighted by molar-refractivity contribution is 0.0434. The summed E-state index contributed by atoms with van der Waals surface area (Å²) in [6.45, 7) is 30.8. The highest BCUT2D eigenvalue weighted by molar-refractivity contribution is 6.74. The van der Waals surface area contributed by atoms with Crippen LogP contribution in [0.25, 0.3) is 0 Å². The van der Waals surface area contributed by atoms with Crippen molar-refractivity contribution in [1.29, 1.82) is 0 Å². The van der Waals surface area contributed by atoms with Crippen molar-refractivity contribution in [2.45, 2.75) is 226 Å². The van der Waals surface area contributed by atoms with Gasteiger partial charge in [-0.15, -0.1) is 0 Å². The van der Waals surface area contributed by atoms with Crippen molar-refractivity contribution in [3.05, 3.63) is 23.8 Å². The molecule has 0 bridgehead atoms. The normalized spacial score (nSPS) is 14.1. The summed E-state index contributed by atoms with van der Waals surface area (Å²) in [5.41, 5.74) is 0.149. The van der Waals surface area contributed by atoms with E-state index in [1.54, 1.807) is 0 Å². The van der Waals surface area contributed by atoms with Crippen molar-refractivity contribution in [2.24, 2.45) is 0 Å². The Hall–Kier alpha value is -1.40. The van der Waals surface area contributed by atoms with E-state index in [1.165, 1.54) is 121 Å². The Kier molecular flexibility index (Phi) is 24.9. The van der Waals surface area contributed by atoms with Crippen molar-refractivity contribution in [3.8, 4) is 11.5 Å². The highest BCUT2D eigenvalue weighted by Gasteiger charge is 2.41. The molecule has 55 heavy (non-hydrogen) atoms. The Bertz CT molecular complexity index is 1090. The van der Waals surface area contributed by atoms with Crippen LogP contribution in [0, 0.1) is 0 Å². The van der Waals surface area contributed by atoms with Crippen molar-refractivity contribution in [1.82, 2.24) is 4.90 Å². The molecule has 1 aromatic rings. The molecule has 322 valence electrons. The molecule has 0 heterocycles. The summed E-state index contributed by atoms with van der Waals surface area (Å²) in [6, 6.07) is 3.87. The van der Waals surface area contributed by atoms with Gasteiger partial charge in [-0.25, -0.2) is 4.79 Å². The number of carbonyl (C=O) groups excluding carboxylic acids is 1. The Labute approximate surface area is 342 Å². The third kappa shape index (κ3) is 22.4. The fourth-order valence-electron chi connectivity index (χ4n) is 6.66. The molecule has 0 spiro atoms. The first-order chi connectivity index (χ1) is 25.7. The van der Waals surface area contributed by atoms with Crippen LogP contribution >= 0.6 is 0 Å². The number of hydrogen-bond acceptors (Lipinski definition) is 7. The fraction of sp³-hybridized carbons (Fsp3) is 0.848. The smallest absolute Gasteiger partial charge is 0.338 e. The Morgan fingerprint density at radius 2 is 0.964 bits per heavy atom. The SMILES string of the molecule is CCCCCCCCCCC(CN(CCCOC(=O)c1cc(O)cc(O)c1)CC(CCCCCCCCCC)O[Si](C)(C)C(C)(C)C)O[Si](C)(C)C(C)(C)C. The predicted octanol–water partition coefficient (Wildman–Crippen LogP) is 13.8. The zero-order valence-corrected chi connectivity index (χ0v) is 40.1. The molecular weight excluding hydrogens is 719 g/mol. The molecule has 1 rings (SSSR count). The van der Waals surface area contributed by atoms with E-state index in [9.17, 15) is 15.0 Å². The van der Waals surface area contributed by atoms with E-state index in [-0.39, 0.29) is 46.0 Å². The van der Waals surface area contributed by atoms with Crippen LogP contribution in [0.4, 0.5) is 0 Å². The highest BCUT2D eigenvalue weighted by Crippen LogP contribution is 2.39. The first kappa shape index (κ1) is 51.6. The zero-order valence-electron chi connectivity index (χ0n) is 38.1. The van der Waals surface area contributed by atoms with Gasteiger partial charge >= 0.3 is 5.97 Å². The number of nitrogens with zero attached hydrogens (tertiary/aromatic N) is 1. The van der Waals surface area contributed by atoms with E-state index in [2.05, 4.69) is 86.5 Å². The van der Waals surface area contributed by atoms with E-state index >= 15 is 0 Å². The van der Waals surface area contributed by atoms with Gasteiger partial charge in [0.1, 0.15) is 11.5 Å². The van der Waals surface area contributed by atoms with Crippen molar-refractivity contribution < 1.29 is 28.6 Å². The van der Waals surface area contributed by atoms with Crippen LogP contribution in [0.5, 0.6) is 11.5 Å². The van der Waals surface area contributed by atoms with E-state index in [1.807, 2.05) is 0 Å². The summed E-state index contributed by atoms with van der Waals surface area (Å²) in [4.78, 5) is 15.4. The largest absolute Gasteiger partial charge is 0.508 e. The molecule has 2 atom stereocenters. The molecule has 9 heteroatoms. The topological polar surface area (TPSA) is 88.5 Å². The fourth-order valence-corrected chi connectivity index (χ4v) is 9.41. The number of rotatable bonds is 31. The molecule has 0 radical (unpaired) electrons. The van der Waals surface area contributed by atoms with Gasteiger partial charge in [-0.2, -0.15) is 0 Å². The van der Waals surface area contributed by atoms with Crippen LogP contribution in [0.1, 0.15) is 188 Å². The number of phenols is 2. The average Bonchev–Trinajstić information content (AvgIpc) is 3.07. The zero-order chi connectivity index (χ0) is 41.5. The minimum atomic E-state index is -2.03. The minimum Gasteiger partial charge on any atom is -0.508 e. The molecule has 0 aliphatic rings. The molecule has 2 N–H and O–H groups in total. The molecule has 7 nitrogen and oxygen atoms in total. The predicted molar refractivity (Wildman–Crippen MR) is 240 cm³/mol. The maximum atomic E-state index is 12.9. The summed E-state index contributed by atoms with van der Waals surface area (Å²) >= 11 is 0. The number of ether oxygens (including phenoxy) is 1. The van der Waals surface area contributed by atoms with E-state index in [4.69, 9.17) is 13.6 Å². The summed E-state index contributed by atoms with van der Waals surface area (Å²) in [5, 5.41) is 20.0. The summed E-state index contributed by atoms with van der Waals surface area (Å²) in [6.07, 6.45) is 23.8. The Morgan fingerprint density at radius 3 is 1.33 bits per heavy atom. The number of unbranched alkanes of at least 4 members (excludes halogenated alkanes) is 14. The number of carbonyl (C=O) groups is 1. The van der Waals surface area contributed by atoms with Crippen LogP contribution in [-0.4, -0.2) is 76.2 Å². The van der Waals surface area contributed by atoms with Crippen LogP contribution in [-0.2, 0) is 13.6 Å². The number of aromatic hydroxyl groups is 2. The van der Waals surface area contributed by atoms with Gasteiger partial charge in [-0.05, 0) is 67.7 Å². The molecule has 0 aliphatic heterocycles. The van der Waals surface area contributed by atoms with Gasteiger partial charge in [0.25, 0.3) is 0 Å². The van der Waals surface area contributed by atoms with Crippen LogP contribution < -0.4 is 0 Å². The second kappa shape index (κ2) is 26.6. The number of phenolic OH excluding ortho intramolecular Hbond substituents is 2. The lowest BCUT2D eigenvalue weighted by Gasteiger charge is -2.42. The third-order valence-corrected chi connectivity index (χ3v) is 21.3. The first-order valence-electron chi connectivity index (χ1n) is 22.5. The van der Waals surface area contributed by atoms with Gasteiger partial charge in [0, 0.05) is 25.7 Å². The van der Waals surface area contributed by atoms with Gasteiger partial charge in [-0.1, -0.05) is 158 Å². The van der Waals surface area contributed by atoms with Gasteiger partial charge < -0.3 is 23.8 Å². The summed E-state index contributed by atoms with van der Waals surface area (Å²) in [5.74, 6) is -0.862. The Morgan fingerprint density at radius 1 is 0.600 bits per heavy atom. The van der Waals surface area contributed by atoms with Crippen LogP contribution in [0.2, 0.25) is 36.3 Å². The van der Waals surface area contributed by atoms with Gasteiger partial charge in [0.2, 0.25) is 0 Å². The van der Waals surface area contributed by atoms with E-state index in [0.29, 0.717) is 6.42 Å². The average molecular weight is 808 g/mol. The first-order valence-corrected chi connectivity index (χ1v) is 28.3. The van der Waals surface area contributed by atoms with Crippen molar-refractivity contribution in [3.63, 3.8) is 0 Å². The lowest BCUT2D eigenvalue weighted by atomic mass is 10.0. The Balaban J connectivity index is 3.23. The van der Waals surface area contributed by atoms with Gasteiger partial charge in [-0.3, -0.25) is 4.90 Å². The van der Waals surface area contributed by atoms with Gasteiger partial charge in [0.15, 0.2) is 16.6 Å². The molecule has 0 aromatic heterocycles. The molecule has 2 unspecified atom stereocenters.